The monoisotopic (exact) mass is 409 g/mol. The van der Waals surface area contributed by atoms with Crippen LogP contribution >= 0.6 is 43.2 Å². The van der Waals surface area contributed by atoms with Crippen molar-refractivity contribution in [2.45, 2.75) is 6.04 Å². The molecule has 0 aliphatic carbocycles. The highest BCUT2D eigenvalue weighted by molar-refractivity contribution is 9.13. The van der Waals surface area contributed by atoms with E-state index in [4.69, 9.17) is 0 Å². The molecule has 1 unspecified atom stereocenters. The second kappa shape index (κ2) is 5.98. The number of nitrogens with one attached hydrogen (secondary N) is 1. The molecular formula is C16H13Br2NS. The minimum atomic E-state index is 0.202. The molecule has 1 aromatic heterocycles. The van der Waals surface area contributed by atoms with Gasteiger partial charge in [0.1, 0.15) is 0 Å². The van der Waals surface area contributed by atoms with Crippen LogP contribution in [0.2, 0.25) is 0 Å². The van der Waals surface area contributed by atoms with Crippen molar-refractivity contribution in [1.29, 1.82) is 0 Å². The SMILES string of the molecule is CNC(c1cc(Br)c(Br)s1)c1cccc2ccccc12. The first kappa shape index (κ1) is 14.3. The molecule has 0 radical (unpaired) electrons. The number of hydrogen-bond donors (Lipinski definition) is 1. The van der Waals surface area contributed by atoms with E-state index < -0.39 is 0 Å². The summed E-state index contributed by atoms with van der Waals surface area (Å²) in [5.41, 5.74) is 1.31. The van der Waals surface area contributed by atoms with Crippen molar-refractivity contribution in [3.8, 4) is 0 Å². The van der Waals surface area contributed by atoms with Gasteiger partial charge < -0.3 is 5.32 Å². The first-order chi connectivity index (χ1) is 9.70. The summed E-state index contributed by atoms with van der Waals surface area (Å²) in [4.78, 5) is 1.29. The van der Waals surface area contributed by atoms with Crippen molar-refractivity contribution >= 4 is 54.0 Å². The van der Waals surface area contributed by atoms with E-state index >= 15 is 0 Å². The van der Waals surface area contributed by atoms with Gasteiger partial charge >= 0.3 is 0 Å². The van der Waals surface area contributed by atoms with E-state index in [-0.39, 0.29) is 6.04 Å². The van der Waals surface area contributed by atoms with Gasteiger partial charge in [-0.25, -0.2) is 0 Å². The predicted octanol–water partition coefficient (Wildman–Crippen LogP) is 5.74. The third-order valence-corrected chi connectivity index (χ3v) is 6.69. The topological polar surface area (TPSA) is 12.0 Å². The van der Waals surface area contributed by atoms with Crippen LogP contribution in [0.5, 0.6) is 0 Å². The smallest absolute Gasteiger partial charge is 0.0843 e. The Labute approximate surface area is 139 Å². The normalized spacial score (nSPS) is 12.8. The van der Waals surface area contributed by atoms with Crippen molar-refractivity contribution in [3.63, 3.8) is 0 Å². The van der Waals surface area contributed by atoms with Crippen LogP contribution in [-0.2, 0) is 0 Å². The van der Waals surface area contributed by atoms with Crippen molar-refractivity contribution in [3.05, 3.63) is 67.2 Å². The molecule has 1 nitrogen and oxygen atoms in total. The fourth-order valence-corrected chi connectivity index (χ4v) is 4.68. The Kier molecular flexibility index (Phi) is 4.26. The van der Waals surface area contributed by atoms with Gasteiger partial charge in [0.15, 0.2) is 0 Å². The Morgan fingerprint density at radius 2 is 1.80 bits per heavy atom. The Morgan fingerprint density at radius 3 is 2.50 bits per heavy atom. The number of fused-ring (bicyclic) bond motifs is 1. The third kappa shape index (κ3) is 2.58. The summed E-state index contributed by atoms with van der Waals surface area (Å²) < 4.78 is 2.24. The summed E-state index contributed by atoms with van der Waals surface area (Å²) in [5, 5.41) is 6.01. The third-order valence-electron chi connectivity index (χ3n) is 3.37. The maximum absolute atomic E-state index is 3.58. The van der Waals surface area contributed by atoms with E-state index in [0.29, 0.717) is 0 Å². The molecule has 0 spiro atoms. The fraction of sp³-hybridized carbons (Fsp3) is 0.125. The van der Waals surface area contributed by atoms with E-state index in [1.807, 2.05) is 7.05 Å². The highest BCUT2D eigenvalue weighted by Crippen LogP contribution is 2.38. The molecule has 1 heterocycles. The molecule has 0 saturated heterocycles. The van der Waals surface area contributed by atoms with E-state index in [2.05, 4.69) is 85.7 Å². The van der Waals surface area contributed by atoms with Crippen LogP contribution in [0.15, 0.2) is 56.8 Å². The largest absolute Gasteiger partial charge is 0.309 e. The van der Waals surface area contributed by atoms with Crippen molar-refractivity contribution in [1.82, 2.24) is 5.32 Å². The standard InChI is InChI=1S/C16H13Br2NS/c1-19-15(14-9-13(17)16(18)20-14)12-8-4-6-10-5-2-3-7-11(10)12/h2-9,15,19H,1H3. The number of thiophene rings is 1. The lowest BCUT2D eigenvalue weighted by atomic mass is 9.98. The second-order valence-electron chi connectivity index (χ2n) is 4.56. The first-order valence-electron chi connectivity index (χ1n) is 6.30. The quantitative estimate of drug-likeness (QED) is 0.580. The molecule has 0 fully saturated rings. The van der Waals surface area contributed by atoms with Gasteiger partial charge in [-0.15, -0.1) is 11.3 Å². The van der Waals surface area contributed by atoms with Crippen LogP contribution in [-0.4, -0.2) is 7.05 Å². The minimum Gasteiger partial charge on any atom is -0.309 e. The summed E-state index contributed by atoms with van der Waals surface area (Å²) in [7, 11) is 2.01. The lowest BCUT2D eigenvalue weighted by Gasteiger charge is -2.17. The van der Waals surface area contributed by atoms with Gasteiger partial charge in [0.25, 0.3) is 0 Å². The van der Waals surface area contributed by atoms with E-state index in [0.717, 1.165) is 8.26 Å². The zero-order valence-corrected chi connectivity index (χ0v) is 14.8. The Balaban J connectivity index is 2.16. The average Bonchev–Trinajstić information content (AvgIpc) is 2.79. The lowest BCUT2D eigenvalue weighted by Crippen LogP contribution is -2.16. The molecule has 0 amide bonds. The van der Waals surface area contributed by atoms with Crippen molar-refractivity contribution in [2.75, 3.05) is 7.05 Å². The molecular weight excluding hydrogens is 398 g/mol. The van der Waals surface area contributed by atoms with Crippen LogP contribution in [0.1, 0.15) is 16.5 Å². The van der Waals surface area contributed by atoms with Gasteiger partial charge in [0, 0.05) is 9.35 Å². The van der Waals surface area contributed by atoms with Gasteiger partial charge in [0.05, 0.1) is 9.83 Å². The lowest BCUT2D eigenvalue weighted by molar-refractivity contribution is 0.709. The number of benzene rings is 2. The summed E-state index contributed by atoms with van der Waals surface area (Å²) >= 11 is 8.91. The Morgan fingerprint density at radius 1 is 1.05 bits per heavy atom. The fourth-order valence-electron chi connectivity index (χ4n) is 2.46. The van der Waals surface area contributed by atoms with E-state index in [1.165, 1.54) is 21.2 Å². The number of hydrogen-bond acceptors (Lipinski definition) is 2. The summed E-state index contributed by atoms with van der Waals surface area (Å²) in [6.45, 7) is 0. The molecule has 2 aromatic carbocycles. The first-order valence-corrected chi connectivity index (χ1v) is 8.70. The molecule has 3 aromatic rings. The van der Waals surface area contributed by atoms with E-state index in [9.17, 15) is 0 Å². The van der Waals surface area contributed by atoms with Crippen LogP contribution < -0.4 is 5.32 Å². The molecule has 4 heteroatoms. The summed E-state index contributed by atoms with van der Waals surface area (Å²) in [5.74, 6) is 0. The van der Waals surface area contributed by atoms with Crippen LogP contribution in [0, 0.1) is 0 Å². The predicted molar refractivity (Wildman–Crippen MR) is 94.6 cm³/mol. The molecule has 0 saturated carbocycles. The molecule has 0 bridgehead atoms. The maximum Gasteiger partial charge on any atom is 0.0843 e. The van der Waals surface area contributed by atoms with Crippen LogP contribution in [0.4, 0.5) is 0 Å². The number of rotatable bonds is 3. The molecule has 1 atom stereocenters. The van der Waals surface area contributed by atoms with E-state index in [1.54, 1.807) is 11.3 Å². The second-order valence-corrected chi connectivity index (χ2v) is 7.82. The van der Waals surface area contributed by atoms with Gasteiger partial charge in [-0.05, 0) is 61.3 Å². The van der Waals surface area contributed by atoms with Crippen LogP contribution in [0.3, 0.4) is 0 Å². The van der Waals surface area contributed by atoms with Gasteiger partial charge in [-0.2, -0.15) is 0 Å². The highest BCUT2D eigenvalue weighted by atomic mass is 79.9. The maximum atomic E-state index is 3.58. The molecule has 102 valence electrons. The van der Waals surface area contributed by atoms with Gasteiger partial charge in [-0.1, -0.05) is 42.5 Å². The minimum absolute atomic E-state index is 0.202. The zero-order chi connectivity index (χ0) is 14.1. The Hall–Kier alpha value is -0.680. The zero-order valence-electron chi connectivity index (χ0n) is 10.9. The van der Waals surface area contributed by atoms with Crippen molar-refractivity contribution in [2.24, 2.45) is 0 Å². The van der Waals surface area contributed by atoms with Crippen LogP contribution in [0.25, 0.3) is 10.8 Å². The van der Waals surface area contributed by atoms with Crippen molar-refractivity contribution < 1.29 is 0 Å². The molecule has 1 N–H and O–H groups in total. The summed E-state index contributed by atoms with van der Waals surface area (Å²) in [6, 6.07) is 17.4. The Bertz CT molecular complexity index is 726. The highest BCUT2D eigenvalue weighted by Gasteiger charge is 2.18. The molecule has 20 heavy (non-hydrogen) atoms. The molecule has 3 rings (SSSR count). The van der Waals surface area contributed by atoms with Gasteiger partial charge in [-0.3, -0.25) is 0 Å². The number of halogens is 2. The molecule has 0 aliphatic heterocycles. The van der Waals surface area contributed by atoms with Gasteiger partial charge in [0.2, 0.25) is 0 Å². The summed E-state index contributed by atoms with van der Waals surface area (Å²) in [6.07, 6.45) is 0. The average molecular weight is 411 g/mol. The molecule has 0 aliphatic rings.